The minimum atomic E-state index is -0.930. The molecule has 1 aromatic rings. The minimum Gasteiger partial charge on any atom is -0.478 e. The second-order valence-corrected chi connectivity index (χ2v) is 4.32. The molecule has 2 N–H and O–H groups in total. The summed E-state index contributed by atoms with van der Waals surface area (Å²) in [6.07, 6.45) is 3.45. The summed E-state index contributed by atoms with van der Waals surface area (Å²) < 4.78 is 0. The molecular formula is C13H20N2O2. The van der Waals surface area contributed by atoms with Crippen molar-refractivity contribution in [2.24, 2.45) is 0 Å². The first-order valence-corrected chi connectivity index (χ1v) is 6.02. The summed E-state index contributed by atoms with van der Waals surface area (Å²) in [4.78, 5) is 15.1. The number of anilines is 1. The fraction of sp³-hybridized carbons (Fsp3) is 0.538. The zero-order valence-corrected chi connectivity index (χ0v) is 10.7. The molecule has 0 fully saturated rings. The number of carboxylic acid groups (broad SMARTS) is 1. The number of rotatable bonds is 6. The lowest BCUT2D eigenvalue weighted by Crippen LogP contribution is -2.16. The van der Waals surface area contributed by atoms with Crippen molar-refractivity contribution in [1.29, 1.82) is 0 Å². The Balaban J connectivity index is 2.67. The molecule has 17 heavy (non-hydrogen) atoms. The number of aromatic carboxylic acids is 1. The molecule has 0 aliphatic carbocycles. The van der Waals surface area contributed by atoms with Crippen LogP contribution in [0.4, 0.5) is 5.82 Å². The van der Waals surface area contributed by atoms with Crippen molar-refractivity contribution in [3.8, 4) is 0 Å². The number of carboxylic acids is 1. The summed E-state index contributed by atoms with van der Waals surface area (Å²) in [6, 6.07) is 3.68. The van der Waals surface area contributed by atoms with Crippen LogP contribution in [0, 0.1) is 6.92 Å². The van der Waals surface area contributed by atoms with Crippen LogP contribution in [-0.4, -0.2) is 22.1 Å². The fourth-order valence-electron chi connectivity index (χ4n) is 1.70. The molecule has 1 unspecified atom stereocenters. The van der Waals surface area contributed by atoms with E-state index in [1.54, 1.807) is 19.1 Å². The Morgan fingerprint density at radius 2 is 2.24 bits per heavy atom. The third-order valence-electron chi connectivity index (χ3n) is 2.70. The third kappa shape index (κ3) is 4.06. The van der Waals surface area contributed by atoms with Crippen molar-refractivity contribution in [2.75, 3.05) is 5.32 Å². The molecule has 1 aromatic heterocycles. The second kappa shape index (κ2) is 6.23. The molecule has 0 radical (unpaired) electrons. The lowest BCUT2D eigenvalue weighted by atomic mass is 10.1. The molecule has 4 heteroatoms. The standard InChI is InChI=1S/C13H20N2O2/c1-4-5-6-9(2)14-12-8-7-11(13(16)17)10(3)15-12/h7-9H,4-6H2,1-3H3,(H,14,15)(H,16,17). The molecule has 4 nitrogen and oxygen atoms in total. The van der Waals surface area contributed by atoms with Gasteiger partial charge in [-0.15, -0.1) is 0 Å². The van der Waals surface area contributed by atoms with Gasteiger partial charge in [0.2, 0.25) is 0 Å². The van der Waals surface area contributed by atoms with Crippen molar-refractivity contribution in [2.45, 2.75) is 46.1 Å². The molecule has 0 bridgehead atoms. The molecule has 0 saturated heterocycles. The zero-order chi connectivity index (χ0) is 12.8. The van der Waals surface area contributed by atoms with Crippen molar-refractivity contribution < 1.29 is 9.90 Å². The van der Waals surface area contributed by atoms with Crippen LogP contribution >= 0.6 is 0 Å². The average Bonchev–Trinajstić information content (AvgIpc) is 2.26. The maximum absolute atomic E-state index is 10.8. The fourth-order valence-corrected chi connectivity index (χ4v) is 1.70. The van der Waals surface area contributed by atoms with Gasteiger partial charge in [0.1, 0.15) is 5.82 Å². The largest absolute Gasteiger partial charge is 0.478 e. The van der Waals surface area contributed by atoms with Crippen molar-refractivity contribution in [3.63, 3.8) is 0 Å². The van der Waals surface area contributed by atoms with E-state index in [9.17, 15) is 4.79 Å². The highest BCUT2D eigenvalue weighted by Gasteiger charge is 2.09. The van der Waals surface area contributed by atoms with E-state index in [0.29, 0.717) is 11.7 Å². The lowest BCUT2D eigenvalue weighted by Gasteiger charge is -2.14. The minimum absolute atomic E-state index is 0.261. The SMILES string of the molecule is CCCCC(C)Nc1ccc(C(=O)O)c(C)n1. The van der Waals surface area contributed by atoms with Gasteiger partial charge in [-0.25, -0.2) is 9.78 Å². The van der Waals surface area contributed by atoms with Gasteiger partial charge in [-0.1, -0.05) is 19.8 Å². The molecule has 0 aromatic carbocycles. The van der Waals surface area contributed by atoms with E-state index in [-0.39, 0.29) is 5.56 Å². The highest BCUT2D eigenvalue weighted by molar-refractivity contribution is 5.89. The van der Waals surface area contributed by atoms with Gasteiger partial charge in [0, 0.05) is 6.04 Å². The van der Waals surface area contributed by atoms with Crippen molar-refractivity contribution in [3.05, 3.63) is 23.4 Å². The quantitative estimate of drug-likeness (QED) is 0.796. The van der Waals surface area contributed by atoms with Gasteiger partial charge in [0.05, 0.1) is 11.3 Å². The number of aryl methyl sites for hydroxylation is 1. The van der Waals surface area contributed by atoms with E-state index in [4.69, 9.17) is 5.11 Å². The molecule has 0 amide bonds. The number of carbonyl (C=O) groups is 1. The van der Waals surface area contributed by atoms with Crippen molar-refractivity contribution >= 4 is 11.8 Å². The summed E-state index contributed by atoms with van der Waals surface area (Å²) in [5.41, 5.74) is 0.807. The van der Waals surface area contributed by atoms with E-state index in [0.717, 1.165) is 12.2 Å². The lowest BCUT2D eigenvalue weighted by molar-refractivity contribution is 0.0695. The first kappa shape index (κ1) is 13.5. The summed E-state index contributed by atoms with van der Waals surface area (Å²) in [5, 5.41) is 12.2. The van der Waals surface area contributed by atoms with Gasteiger partial charge < -0.3 is 10.4 Å². The summed E-state index contributed by atoms with van der Waals surface area (Å²) in [5.74, 6) is -0.184. The molecule has 94 valence electrons. The molecule has 1 rings (SSSR count). The smallest absolute Gasteiger partial charge is 0.337 e. The highest BCUT2D eigenvalue weighted by Crippen LogP contribution is 2.13. The molecular weight excluding hydrogens is 216 g/mol. The summed E-state index contributed by atoms with van der Waals surface area (Å²) in [7, 11) is 0. The second-order valence-electron chi connectivity index (χ2n) is 4.32. The number of unbranched alkanes of at least 4 members (excludes halogenated alkanes) is 1. The van der Waals surface area contributed by atoms with Gasteiger partial charge in [0.25, 0.3) is 0 Å². The number of aromatic nitrogens is 1. The van der Waals surface area contributed by atoms with Gasteiger partial charge in [-0.2, -0.15) is 0 Å². The van der Waals surface area contributed by atoms with Crippen LogP contribution in [0.25, 0.3) is 0 Å². The van der Waals surface area contributed by atoms with Gasteiger partial charge >= 0.3 is 5.97 Å². The van der Waals surface area contributed by atoms with Gasteiger partial charge in [-0.05, 0) is 32.4 Å². The van der Waals surface area contributed by atoms with Gasteiger partial charge in [0.15, 0.2) is 0 Å². The number of nitrogens with zero attached hydrogens (tertiary/aromatic N) is 1. The van der Waals surface area contributed by atoms with E-state index in [2.05, 4.69) is 24.1 Å². The molecule has 0 saturated carbocycles. The maximum atomic E-state index is 10.8. The summed E-state index contributed by atoms with van der Waals surface area (Å²) >= 11 is 0. The Kier molecular flexibility index (Phi) is 4.94. The number of pyridine rings is 1. The van der Waals surface area contributed by atoms with Crippen LogP contribution in [0.15, 0.2) is 12.1 Å². The Hall–Kier alpha value is -1.58. The topological polar surface area (TPSA) is 62.2 Å². The first-order valence-electron chi connectivity index (χ1n) is 6.02. The number of hydrogen-bond acceptors (Lipinski definition) is 3. The van der Waals surface area contributed by atoms with Crippen molar-refractivity contribution in [1.82, 2.24) is 4.98 Å². The molecule has 1 atom stereocenters. The Labute approximate surface area is 102 Å². The zero-order valence-electron chi connectivity index (χ0n) is 10.7. The van der Waals surface area contributed by atoms with Gasteiger partial charge in [-0.3, -0.25) is 0 Å². The first-order chi connectivity index (χ1) is 8.04. The predicted octanol–water partition coefficient (Wildman–Crippen LogP) is 3.08. The van der Waals surface area contributed by atoms with E-state index >= 15 is 0 Å². The van der Waals surface area contributed by atoms with E-state index < -0.39 is 5.97 Å². The third-order valence-corrected chi connectivity index (χ3v) is 2.70. The number of hydrogen-bond donors (Lipinski definition) is 2. The average molecular weight is 236 g/mol. The van der Waals surface area contributed by atoms with Crippen LogP contribution in [0.3, 0.4) is 0 Å². The maximum Gasteiger partial charge on any atom is 0.337 e. The Bertz CT molecular complexity index is 391. The predicted molar refractivity (Wildman–Crippen MR) is 68.5 cm³/mol. The summed E-state index contributed by atoms with van der Waals surface area (Å²) in [6.45, 7) is 5.99. The van der Waals surface area contributed by atoms with E-state index in [1.165, 1.54) is 12.8 Å². The normalized spacial score (nSPS) is 12.2. The molecule has 0 aliphatic rings. The Morgan fingerprint density at radius 1 is 1.53 bits per heavy atom. The van der Waals surface area contributed by atoms with Crippen LogP contribution in [0.2, 0.25) is 0 Å². The highest BCUT2D eigenvalue weighted by atomic mass is 16.4. The Morgan fingerprint density at radius 3 is 2.76 bits per heavy atom. The van der Waals surface area contributed by atoms with Crippen LogP contribution in [0.5, 0.6) is 0 Å². The van der Waals surface area contributed by atoms with Crippen LogP contribution in [-0.2, 0) is 0 Å². The van der Waals surface area contributed by atoms with E-state index in [1.807, 2.05) is 0 Å². The monoisotopic (exact) mass is 236 g/mol. The number of nitrogens with one attached hydrogen (secondary N) is 1. The molecule has 0 spiro atoms. The van der Waals surface area contributed by atoms with Crippen LogP contribution < -0.4 is 5.32 Å². The van der Waals surface area contributed by atoms with Crippen LogP contribution in [0.1, 0.15) is 49.2 Å². The molecule has 0 aliphatic heterocycles. The molecule has 1 heterocycles.